The first kappa shape index (κ1) is 18.3. The lowest BCUT2D eigenvalue weighted by Gasteiger charge is -2.29. The number of hydrogen-bond donors (Lipinski definition) is 2. The average molecular weight is 359 g/mol. The van der Waals surface area contributed by atoms with Crippen LogP contribution in [0.5, 0.6) is 0 Å². The number of benzene rings is 1. The summed E-state index contributed by atoms with van der Waals surface area (Å²) >= 11 is 1.43. The van der Waals surface area contributed by atoms with E-state index < -0.39 is 29.9 Å². The molecule has 0 radical (unpaired) electrons. The molecule has 0 saturated carbocycles. The van der Waals surface area contributed by atoms with E-state index in [9.17, 15) is 23.1 Å². The van der Waals surface area contributed by atoms with Gasteiger partial charge in [-0.2, -0.15) is 13.2 Å². The Morgan fingerprint density at radius 3 is 2.67 bits per heavy atom. The highest BCUT2D eigenvalue weighted by Gasteiger charge is 2.58. The van der Waals surface area contributed by atoms with Crippen molar-refractivity contribution in [2.45, 2.75) is 23.1 Å². The van der Waals surface area contributed by atoms with Crippen LogP contribution < -0.4 is 5.32 Å². The Bertz CT molecular complexity index is 733. The fraction of sp³-hybridized carbons (Fsp3) is 0.333. The molecule has 24 heavy (non-hydrogen) atoms. The number of carbonyl (C=O) groups excluding carboxylic acids is 1. The van der Waals surface area contributed by atoms with Crippen molar-refractivity contribution in [3.63, 3.8) is 0 Å². The first-order chi connectivity index (χ1) is 11.2. The summed E-state index contributed by atoms with van der Waals surface area (Å²) in [7, 11) is 1.32. The van der Waals surface area contributed by atoms with Crippen molar-refractivity contribution < 1.29 is 23.1 Å². The molecule has 130 valence electrons. The lowest BCUT2D eigenvalue weighted by Crippen LogP contribution is -2.46. The van der Waals surface area contributed by atoms with E-state index in [1.165, 1.54) is 25.0 Å². The Balaban J connectivity index is 2.24. The van der Waals surface area contributed by atoms with Crippen LogP contribution in [0, 0.1) is 0 Å². The minimum Gasteiger partial charge on any atom is -0.374 e. The second kappa shape index (κ2) is 6.86. The summed E-state index contributed by atoms with van der Waals surface area (Å²) in [5.74, 6) is -1.60. The molecule has 2 rings (SSSR count). The fourth-order valence-electron chi connectivity index (χ4n) is 2.21. The van der Waals surface area contributed by atoms with Gasteiger partial charge in [0, 0.05) is 30.0 Å². The van der Waals surface area contributed by atoms with Crippen LogP contribution in [0.25, 0.3) is 0 Å². The van der Waals surface area contributed by atoms with Gasteiger partial charge in [0.15, 0.2) is 5.82 Å². The van der Waals surface area contributed by atoms with E-state index in [-0.39, 0.29) is 0 Å². The molecule has 0 bridgehead atoms. The molecule has 5 nitrogen and oxygen atoms in total. The van der Waals surface area contributed by atoms with Gasteiger partial charge in [-0.05, 0) is 24.5 Å². The Morgan fingerprint density at radius 1 is 1.42 bits per heavy atom. The third-order valence-corrected chi connectivity index (χ3v) is 4.16. The number of nitrogens with one attached hydrogen (secondary N) is 1. The molecule has 0 aliphatic carbocycles. The second-order valence-electron chi connectivity index (χ2n) is 5.18. The minimum absolute atomic E-state index is 0.358. The van der Waals surface area contributed by atoms with Crippen LogP contribution in [-0.4, -0.2) is 33.0 Å². The van der Waals surface area contributed by atoms with E-state index in [1.807, 2.05) is 6.26 Å². The fourth-order valence-corrected chi connectivity index (χ4v) is 2.67. The summed E-state index contributed by atoms with van der Waals surface area (Å²) in [4.78, 5) is 16.5. The molecular formula is C15H16F3N3O2S. The Morgan fingerprint density at radius 2 is 2.12 bits per heavy atom. The zero-order valence-corrected chi connectivity index (χ0v) is 13.8. The summed E-state index contributed by atoms with van der Waals surface area (Å²) in [6.07, 6.45) is -2.00. The number of aliphatic hydroxyl groups is 1. The van der Waals surface area contributed by atoms with Gasteiger partial charge in [0.25, 0.3) is 0 Å². The van der Waals surface area contributed by atoms with Crippen LogP contribution in [0.4, 0.5) is 18.9 Å². The molecule has 1 heterocycles. The average Bonchev–Trinajstić information content (AvgIpc) is 2.92. The van der Waals surface area contributed by atoms with E-state index in [0.717, 1.165) is 15.7 Å². The third kappa shape index (κ3) is 3.73. The molecule has 1 amide bonds. The number of carbonyl (C=O) groups is 1. The third-order valence-electron chi connectivity index (χ3n) is 3.43. The number of thioether (sulfide) groups is 1. The smallest absolute Gasteiger partial charge is 0.374 e. The van der Waals surface area contributed by atoms with Crippen molar-refractivity contribution in [1.29, 1.82) is 0 Å². The number of aryl methyl sites for hydroxylation is 1. The Kier molecular flexibility index (Phi) is 5.24. The van der Waals surface area contributed by atoms with Gasteiger partial charge in [-0.3, -0.25) is 4.79 Å². The minimum atomic E-state index is -5.05. The van der Waals surface area contributed by atoms with Crippen molar-refractivity contribution in [1.82, 2.24) is 9.55 Å². The van der Waals surface area contributed by atoms with Crippen molar-refractivity contribution >= 4 is 23.4 Å². The summed E-state index contributed by atoms with van der Waals surface area (Å²) in [5.41, 5.74) is -3.01. The summed E-state index contributed by atoms with van der Waals surface area (Å²) in [6, 6.07) is 6.68. The molecule has 2 aromatic rings. The quantitative estimate of drug-likeness (QED) is 0.806. The van der Waals surface area contributed by atoms with Gasteiger partial charge < -0.3 is 15.0 Å². The van der Waals surface area contributed by atoms with Crippen molar-refractivity contribution in [2.75, 3.05) is 11.6 Å². The normalized spacial score (nSPS) is 14.2. The maximum absolute atomic E-state index is 13.4. The number of nitrogens with zero attached hydrogens (tertiary/aromatic N) is 2. The van der Waals surface area contributed by atoms with Crippen molar-refractivity contribution in [2.24, 2.45) is 7.05 Å². The van der Waals surface area contributed by atoms with E-state index in [4.69, 9.17) is 0 Å². The monoisotopic (exact) mass is 359 g/mol. The lowest BCUT2D eigenvalue weighted by atomic mass is 9.97. The number of hydrogen-bond acceptors (Lipinski definition) is 4. The first-order valence-corrected chi connectivity index (χ1v) is 8.10. The van der Waals surface area contributed by atoms with E-state index >= 15 is 0 Å². The van der Waals surface area contributed by atoms with Crippen LogP contribution in [0.2, 0.25) is 0 Å². The van der Waals surface area contributed by atoms with Gasteiger partial charge in [0.1, 0.15) is 0 Å². The zero-order chi connectivity index (χ0) is 18.0. The summed E-state index contributed by atoms with van der Waals surface area (Å²) < 4.78 is 41.2. The van der Waals surface area contributed by atoms with E-state index in [2.05, 4.69) is 10.3 Å². The zero-order valence-electron chi connectivity index (χ0n) is 13.0. The van der Waals surface area contributed by atoms with Gasteiger partial charge >= 0.3 is 6.18 Å². The standard InChI is InChI=1S/C15H16F3N3O2S/c1-21-7-6-19-13(21)14(23,15(16,17)18)9-12(22)20-10-4-3-5-11(8-10)24-2/h3-8,23H,9H2,1-2H3,(H,20,22)/t14-/m0/s1. The molecular weight excluding hydrogens is 343 g/mol. The summed E-state index contributed by atoms with van der Waals surface area (Å²) in [6.45, 7) is 0. The highest BCUT2D eigenvalue weighted by molar-refractivity contribution is 7.98. The predicted molar refractivity (Wildman–Crippen MR) is 84.6 cm³/mol. The number of alkyl halides is 3. The number of imidazole rings is 1. The van der Waals surface area contributed by atoms with Crippen molar-refractivity contribution in [3.8, 4) is 0 Å². The molecule has 9 heteroatoms. The largest absolute Gasteiger partial charge is 0.425 e. The van der Waals surface area contributed by atoms with Gasteiger partial charge in [-0.15, -0.1) is 11.8 Å². The first-order valence-electron chi connectivity index (χ1n) is 6.88. The molecule has 0 spiro atoms. The van der Waals surface area contributed by atoms with Crippen LogP contribution in [-0.2, 0) is 17.4 Å². The van der Waals surface area contributed by atoms with Gasteiger partial charge in [-0.1, -0.05) is 6.07 Å². The molecule has 2 N–H and O–H groups in total. The predicted octanol–water partition coefficient (Wildman–Crippen LogP) is 2.92. The maximum Gasteiger partial charge on any atom is 0.425 e. The van der Waals surface area contributed by atoms with Crippen LogP contribution in [0.15, 0.2) is 41.6 Å². The highest BCUT2D eigenvalue weighted by Crippen LogP contribution is 2.40. The second-order valence-corrected chi connectivity index (χ2v) is 6.06. The topological polar surface area (TPSA) is 67.2 Å². The van der Waals surface area contributed by atoms with Crippen LogP contribution >= 0.6 is 11.8 Å². The molecule has 1 atom stereocenters. The molecule has 0 fully saturated rings. The maximum atomic E-state index is 13.4. The van der Waals surface area contributed by atoms with E-state index in [0.29, 0.717) is 5.69 Å². The number of amides is 1. The number of aromatic nitrogens is 2. The Labute approximate surface area is 140 Å². The van der Waals surface area contributed by atoms with Gasteiger partial charge in [0.2, 0.25) is 11.5 Å². The molecule has 1 aromatic carbocycles. The number of rotatable bonds is 5. The van der Waals surface area contributed by atoms with Gasteiger partial charge in [0.05, 0.1) is 6.42 Å². The van der Waals surface area contributed by atoms with Crippen molar-refractivity contribution in [3.05, 3.63) is 42.5 Å². The number of anilines is 1. The lowest BCUT2D eigenvalue weighted by molar-refractivity contribution is -0.270. The Hall–Kier alpha value is -2.00. The molecule has 1 aromatic heterocycles. The SMILES string of the molecule is CSc1cccc(NC(=O)C[C@](O)(c2nccn2C)C(F)(F)F)c1. The van der Waals surface area contributed by atoms with E-state index in [1.54, 1.807) is 24.3 Å². The number of halogens is 3. The summed E-state index contributed by atoms with van der Waals surface area (Å²) in [5, 5.41) is 12.5. The molecule has 0 unspecified atom stereocenters. The van der Waals surface area contributed by atoms with Crippen LogP contribution in [0.3, 0.4) is 0 Å². The molecule has 0 saturated heterocycles. The highest BCUT2D eigenvalue weighted by atomic mass is 32.2. The molecule has 0 aliphatic rings. The van der Waals surface area contributed by atoms with Crippen LogP contribution in [0.1, 0.15) is 12.2 Å². The molecule has 0 aliphatic heterocycles. The van der Waals surface area contributed by atoms with Gasteiger partial charge in [-0.25, -0.2) is 4.98 Å².